The summed E-state index contributed by atoms with van der Waals surface area (Å²) in [6, 6.07) is 1.84. The summed E-state index contributed by atoms with van der Waals surface area (Å²) in [5.74, 6) is 1.51. The van der Waals surface area contributed by atoms with Crippen LogP contribution in [0.3, 0.4) is 0 Å². The third kappa shape index (κ3) is 1.97. The van der Waals surface area contributed by atoms with E-state index in [1.54, 1.807) is 0 Å². The van der Waals surface area contributed by atoms with E-state index in [1.165, 1.54) is 0 Å². The van der Waals surface area contributed by atoms with Crippen LogP contribution in [0.25, 0.3) is 5.65 Å². The lowest BCUT2D eigenvalue weighted by atomic mass is 10.1. The molecule has 0 aliphatic rings. The van der Waals surface area contributed by atoms with E-state index >= 15 is 0 Å². The first-order valence-electron chi connectivity index (χ1n) is 4.86. The van der Waals surface area contributed by atoms with Crippen LogP contribution < -0.4 is 5.73 Å². The molecule has 0 saturated carbocycles. The molecule has 0 amide bonds. The summed E-state index contributed by atoms with van der Waals surface area (Å²) in [4.78, 5) is 0. The van der Waals surface area contributed by atoms with Gasteiger partial charge in [0, 0.05) is 18.3 Å². The van der Waals surface area contributed by atoms with Crippen molar-refractivity contribution in [2.45, 2.75) is 20.3 Å². The second-order valence-electron chi connectivity index (χ2n) is 4.03. The lowest BCUT2D eigenvalue weighted by molar-refractivity contribution is 0.616. The molecule has 0 radical (unpaired) electrons. The summed E-state index contributed by atoms with van der Waals surface area (Å²) in [5.41, 5.74) is 7.30. The molecule has 0 saturated heterocycles. The molecule has 0 unspecified atom stereocenters. The zero-order chi connectivity index (χ0) is 11.0. The van der Waals surface area contributed by atoms with E-state index < -0.39 is 0 Å². The summed E-state index contributed by atoms with van der Waals surface area (Å²) in [5, 5.41) is 8.29. The monoisotopic (exact) mass is 268 g/mol. The summed E-state index contributed by atoms with van der Waals surface area (Å²) in [6.07, 6.45) is 2.76. The summed E-state index contributed by atoms with van der Waals surface area (Å²) in [7, 11) is 0. The van der Waals surface area contributed by atoms with Crippen molar-refractivity contribution in [3.05, 3.63) is 22.6 Å². The maximum absolute atomic E-state index is 5.78. The number of fused-ring (bicyclic) bond motifs is 1. The summed E-state index contributed by atoms with van der Waals surface area (Å²) in [6.45, 7) is 4.31. The van der Waals surface area contributed by atoms with Crippen molar-refractivity contribution >= 4 is 27.3 Å². The van der Waals surface area contributed by atoms with Gasteiger partial charge < -0.3 is 5.73 Å². The number of rotatable bonds is 2. The second-order valence-corrected chi connectivity index (χ2v) is 4.88. The predicted molar refractivity (Wildman–Crippen MR) is 63.6 cm³/mol. The Morgan fingerprint density at radius 1 is 1.47 bits per heavy atom. The van der Waals surface area contributed by atoms with Gasteiger partial charge in [0.1, 0.15) is 5.82 Å². The molecule has 15 heavy (non-hydrogen) atoms. The van der Waals surface area contributed by atoms with Gasteiger partial charge in [-0.1, -0.05) is 13.8 Å². The zero-order valence-electron chi connectivity index (χ0n) is 8.74. The molecule has 0 aliphatic heterocycles. The van der Waals surface area contributed by atoms with Gasteiger partial charge in [0.05, 0.1) is 4.47 Å². The number of halogens is 1. The average Bonchev–Trinajstić information content (AvgIpc) is 2.48. The minimum atomic E-state index is 0.553. The van der Waals surface area contributed by atoms with Crippen LogP contribution >= 0.6 is 15.9 Å². The van der Waals surface area contributed by atoms with E-state index in [-0.39, 0.29) is 0 Å². The molecule has 0 aliphatic carbocycles. The van der Waals surface area contributed by atoms with Gasteiger partial charge >= 0.3 is 0 Å². The van der Waals surface area contributed by atoms with Crippen molar-refractivity contribution in [3.63, 3.8) is 0 Å². The second kappa shape index (κ2) is 3.81. The fourth-order valence-electron chi connectivity index (χ4n) is 1.52. The number of anilines is 1. The fourth-order valence-corrected chi connectivity index (χ4v) is 2.06. The minimum Gasteiger partial charge on any atom is -0.397 e. The Hall–Kier alpha value is -1.10. The van der Waals surface area contributed by atoms with Crippen molar-refractivity contribution < 1.29 is 0 Å². The Morgan fingerprint density at radius 2 is 2.20 bits per heavy atom. The van der Waals surface area contributed by atoms with Crippen molar-refractivity contribution in [1.29, 1.82) is 0 Å². The Labute approximate surface area is 96.6 Å². The molecule has 5 heteroatoms. The summed E-state index contributed by atoms with van der Waals surface area (Å²) < 4.78 is 2.82. The molecule has 2 aromatic heterocycles. The van der Waals surface area contributed by atoms with Crippen molar-refractivity contribution in [2.24, 2.45) is 5.92 Å². The fraction of sp³-hybridized carbons (Fsp3) is 0.400. The molecule has 0 fully saturated rings. The molecular formula is C10H13BrN4. The number of aromatic nitrogens is 3. The van der Waals surface area contributed by atoms with E-state index in [4.69, 9.17) is 5.73 Å². The molecule has 0 spiro atoms. The molecule has 2 heterocycles. The highest BCUT2D eigenvalue weighted by Crippen LogP contribution is 2.21. The Bertz CT molecular complexity index is 489. The van der Waals surface area contributed by atoms with E-state index in [0.717, 1.165) is 22.4 Å². The Kier molecular flexibility index (Phi) is 2.65. The van der Waals surface area contributed by atoms with Crippen LogP contribution in [0.5, 0.6) is 0 Å². The quantitative estimate of drug-likeness (QED) is 0.909. The SMILES string of the molecule is CC(C)Cc1nnc2c(Br)cc(N)cn12. The van der Waals surface area contributed by atoms with E-state index in [1.807, 2.05) is 16.7 Å². The van der Waals surface area contributed by atoms with Gasteiger partial charge in [-0.15, -0.1) is 10.2 Å². The smallest absolute Gasteiger partial charge is 0.175 e. The molecule has 2 rings (SSSR count). The highest BCUT2D eigenvalue weighted by atomic mass is 79.9. The first-order valence-corrected chi connectivity index (χ1v) is 5.66. The van der Waals surface area contributed by atoms with Crippen molar-refractivity contribution in [2.75, 3.05) is 5.73 Å². The number of nitrogen functional groups attached to an aromatic ring is 1. The van der Waals surface area contributed by atoms with E-state index in [2.05, 4.69) is 40.0 Å². The standard InChI is InChI=1S/C10H13BrN4/c1-6(2)3-9-13-14-10-8(11)4-7(12)5-15(9)10/h4-6H,3,12H2,1-2H3. The van der Waals surface area contributed by atoms with Crippen molar-refractivity contribution in [1.82, 2.24) is 14.6 Å². The van der Waals surface area contributed by atoms with Gasteiger partial charge in [0.15, 0.2) is 5.65 Å². The number of hydrogen-bond acceptors (Lipinski definition) is 3. The highest BCUT2D eigenvalue weighted by molar-refractivity contribution is 9.10. The van der Waals surface area contributed by atoms with Gasteiger partial charge in [-0.3, -0.25) is 4.40 Å². The highest BCUT2D eigenvalue weighted by Gasteiger charge is 2.10. The number of hydrogen-bond donors (Lipinski definition) is 1. The first kappa shape index (κ1) is 10.4. The number of nitrogens with zero attached hydrogens (tertiary/aromatic N) is 3. The maximum Gasteiger partial charge on any atom is 0.175 e. The Morgan fingerprint density at radius 3 is 2.87 bits per heavy atom. The molecule has 2 aromatic rings. The molecule has 2 N–H and O–H groups in total. The van der Waals surface area contributed by atoms with Gasteiger partial charge in [0.2, 0.25) is 0 Å². The number of nitrogens with two attached hydrogens (primary N) is 1. The van der Waals surface area contributed by atoms with Gasteiger partial charge in [0.25, 0.3) is 0 Å². The maximum atomic E-state index is 5.78. The van der Waals surface area contributed by atoms with Crippen LogP contribution in [0, 0.1) is 5.92 Å². The third-order valence-corrected chi connectivity index (χ3v) is 2.73. The van der Waals surface area contributed by atoms with Crippen LogP contribution in [-0.4, -0.2) is 14.6 Å². The van der Waals surface area contributed by atoms with Crippen LogP contribution in [0.4, 0.5) is 5.69 Å². The van der Waals surface area contributed by atoms with Gasteiger partial charge in [-0.25, -0.2) is 0 Å². The number of pyridine rings is 1. The predicted octanol–water partition coefficient (Wildman–Crippen LogP) is 2.27. The first-order chi connectivity index (χ1) is 7.08. The van der Waals surface area contributed by atoms with E-state index in [9.17, 15) is 0 Å². The van der Waals surface area contributed by atoms with E-state index in [0.29, 0.717) is 11.6 Å². The average molecular weight is 269 g/mol. The lowest BCUT2D eigenvalue weighted by Crippen LogP contribution is -2.01. The summed E-state index contributed by atoms with van der Waals surface area (Å²) >= 11 is 3.42. The van der Waals surface area contributed by atoms with Gasteiger partial charge in [-0.2, -0.15) is 0 Å². The molecular weight excluding hydrogens is 256 g/mol. The zero-order valence-corrected chi connectivity index (χ0v) is 10.3. The largest absolute Gasteiger partial charge is 0.397 e. The lowest BCUT2D eigenvalue weighted by Gasteiger charge is -2.04. The van der Waals surface area contributed by atoms with Crippen LogP contribution in [0.2, 0.25) is 0 Å². The molecule has 0 aromatic carbocycles. The minimum absolute atomic E-state index is 0.553. The van der Waals surface area contributed by atoms with Gasteiger partial charge in [-0.05, 0) is 27.9 Å². The molecule has 4 nitrogen and oxygen atoms in total. The third-order valence-electron chi connectivity index (χ3n) is 2.14. The van der Waals surface area contributed by atoms with Crippen LogP contribution in [0.1, 0.15) is 19.7 Å². The normalized spacial score (nSPS) is 11.5. The molecule has 80 valence electrons. The van der Waals surface area contributed by atoms with Crippen LogP contribution in [0.15, 0.2) is 16.7 Å². The molecule has 0 atom stereocenters. The molecule has 0 bridgehead atoms. The van der Waals surface area contributed by atoms with Crippen molar-refractivity contribution in [3.8, 4) is 0 Å². The topological polar surface area (TPSA) is 56.2 Å². The van der Waals surface area contributed by atoms with Crippen LogP contribution in [-0.2, 0) is 6.42 Å². The Balaban J connectivity index is 2.58.